The van der Waals surface area contributed by atoms with Gasteiger partial charge in [0.15, 0.2) is 0 Å². The van der Waals surface area contributed by atoms with E-state index in [1.54, 1.807) is 0 Å². The first-order valence-electron chi connectivity index (χ1n) is 1.99. The van der Waals surface area contributed by atoms with E-state index in [0.717, 1.165) is 0 Å². The third-order valence-electron chi connectivity index (χ3n) is 0.626. The van der Waals surface area contributed by atoms with Crippen molar-refractivity contribution in [2.75, 3.05) is 6.67 Å². The molecule has 36 valence electrons. The zero-order valence-electron chi connectivity index (χ0n) is 3.78. The molecule has 0 heterocycles. The molecule has 0 aliphatic heterocycles. The van der Waals surface area contributed by atoms with E-state index in [9.17, 15) is 4.39 Å². The molecule has 0 saturated heterocycles. The van der Waals surface area contributed by atoms with Crippen molar-refractivity contribution < 1.29 is 4.39 Å². The number of hydrogen-bond donors (Lipinski definition) is 0. The van der Waals surface area contributed by atoms with Gasteiger partial charge in [0.2, 0.25) is 0 Å². The first kappa shape index (κ1) is 5.93. The first-order valence-corrected chi connectivity index (χ1v) is 1.99. The van der Waals surface area contributed by atoms with Gasteiger partial charge in [-0.25, -0.2) is 0 Å². The maximum atomic E-state index is 11.3. The lowest BCUT2D eigenvalue weighted by Gasteiger charge is -1.95. The molecule has 0 spiro atoms. The largest absolute Gasteiger partial charge is 0.251 e. The number of rotatable bonds is 2. The van der Waals surface area contributed by atoms with E-state index in [1.807, 2.05) is 0 Å². The lowest BCUT2D eigenvalue weighted by atomic mass is 10.1. The Balaban J connectivity index is 2.75. The molecule has 0 bridgehead atoms. The highest BCUT2D eigenvalue weighted by Gasteiger charge is 1.92. The van der Waals surface area contributed by atoms with Crippen LogP contribution in [0, 0.1) is 19.8 Å². The van der Waals surface area contributed by atoms with Gasteiger partial charge in [-0.1, -0.05) is 6.92 Å². The van der Waals surface area contributed by atoms with Gasteiger partial charge in [0.05, 0.1) is 6.67 Å². The van der Waals surface area contributed by atoms with Crippen LogP contribution in [0.15, 0.2) is 0 Å². The van der Waals surface area contributed by atoms with Crippen molar-refractivity contribution in [3.8, 4) is 0 Å². The Morgan fingerprint density at radius 3 is 2.17 bits per heavy atom. The van der Waals surface area contributed by atoms with Gasteiger partial charge in [-0.15, -0.1) is 0 Å². The molecule has 0 fully saturated rings. The summed E-state index contributed by atoms with van der Waals surface area (Å²) in [7, 11) is 0. The van der Waals surface area contributed by atoms with Crippen molar-refractivity contribution in [1.82, 2.24) is 0 Å². The average molecular weight is 88.1 g/mol. The van der Waals surface area contributed by atoms with Gasteiger partial charge in [0.1, 0.15) is 0 Å². The third kappa shape index (κ3) is 2.18. The van der Waals surface area contributed by atoms with Crippen molar-refractivity contribution in [2.24, 2.45) is 5.92 Å². The molecule has 1 unspecified atom stereocenters. The molecule has 0 aliphatic carbocycles. The molecular formula is C5H9F. The lowest BCUT2D eigenvalue weighted by molar-refractivity contribution is 0.410. The Morgan fingerprint density at radius 2 is 2.17 bits per heavy atom. The molecule has 1 heteroatoms. The van der Waals surface area contributed by atoms with Crippen LogP contribution in [0.5, 0.6) is 0 Å². The zero-order chi connectivity index (χ0) is 4.99. The van der Waals surface area contributed by atoms with Gasteiger partial charge >= 0.3 is 0 Å². The molecule has 0 aromatic carbocycles. The second kappa shape index (κ2) is 3.13. The van der Waals surface area contributed by atoms with E-state index in [2.05, 4.69) is 13.8 Å². The summed E-state index contributed by atoms with van der Waals surface area (Å²) in [6, 6.07) is 0. The van der Waals surface area contributed by atoms with E-state index < -0.39 is 0 Å². The van der Waals surface area contributed by atoms with Gasteiger partial charge in [-0.3, -0.25) is 4.39 Å². The summed E-state index contributed by atoms with van der Waals surface area (Å²) in [5.74, 6) is -0.0926. The summed E-state index contributed by atoms with van der Waals surface area (Å²) < 4.78 is 11.3. The van der Waals surface area contributed by atoms with Gasteiger partial charge in [0.25, 0.3) is 0 Å². The predicted molar refractivity (Wildman–Crippen MR) is 24.8 cm³/mol. The van der Waals surface area contributed by atoms with Crippen molar-refractivity contribution >= 4 is 0 Å². The average Bonchev–Trinajstić information content (AvgIpc) is 1.65. The second-order valence-electron chi connectivity index (χ2n) is 1.31. The molecule has 0 N–H and O–H groups in total. The molecule has 6 heavy (non-hydrogen) atoms. The Morgan fingerprint density at radius 1 is 1.67 bits per heavy atom. The van der Waals surface area contributed by atoms with E-state index in [4.69, 9.17) is 0 Å². The van der Waals surface area contributed by atoms with Crippen LogP contribution in [-0.2, 0) is 0 Å². The number of alkyl halides is 1. The van der Waals surface area contributed by atoms with Crippen molar-refractivity contribution in [3.63, 3.8) is 0 Å². The second-order valence-corrected chi connectivity index (χ2v) is 1.31. The molecule has 1 atom stereocenters. The maximum Gasteiger partial charge on any atom is 0.0922 e. The van der Waals surface area contributed by atoms with Crippen LogP contribution in [0.4, 0.5) is 4.39 Å². The van der Waals surface area contributed by atoms with Crippen LogP contribution in [-0.4, -0.2) is 6.67 Å². The fourth-order valence-corrected chi connectivity index (χ4v) is 0.0772. The van der Waals surface area contributed by atoms with E-state index in [1.165, 1.54) is 0 Å². The molecule has 0 aromatic rings. The molecule has 0 aliphatic rings. The third-order valence-corrected chi connectivity index (χ3v) is 0.626. The van der Waals surface area contributed by atoms with Crippen LogP contribution in [0.2, 0.25) is 0 Å². The van der Waals surface area contributed by atoms with Crippen molar-refractivity contribution in [2.45, 2.75) is 6.42 Å². The molecule has 0 nitrogen and oxygen atoms in total. The lowest BCUT2D eigenvalue weighted by Crippen LogP contribution is -1.92. The molecule has 0 rings (SSSR count). The predicted octanol–water partition coefficient (Wildman–Crippen LogP) is 1.63. The maximum absolute atomic E-state index is 11.3. The summed E-state index contributed by atoms with van der Waals surface area (Å²) in [5, 5.41) is 0. The van der Waals surface area contributed by atoms with Crippen LogP contribution < -0.4 is 0 Å². The zero-order valence-corrected chi connectivity index (χ0v) is 3.78. The quantitative estimate of drug-likeness (QED) is 0.481. The topological polar surface area (TPSA) is 0 Å². The van der Waals surface area contributed by atoms with Gasteiger partial charge in [0, 0.05) is 0 Å². The van der Waals surface area contributed by atoms with Crippen LogP contribution in [0.25, 0.3) is 0 Å². The normalized spacial score (nSPS) is 14.5. The summed E-state index contributed by atoms with van der Waals surface area (Å²) >= 11 is 0. The highest BCUT2D eigenvalue weighted by atomic mass is 19.1. The molecular weight excluding hydrogens is 79.1 g/mol. The Labute approximate surface area is 38.4 Å². The van der Waals surface area contributed by atoms with E-state index >= 15 is 0 Å². The monoisotopic (exact) mass is 88.1 g/mol. The summed E-state index contributed by atoms with van der Waals surface area (Å²) in [4.78, 5) is 0. The number of hydrogen-bond acceptors (Lipinski definition) is 0. The fraction of sp³-hybridized carbons (Fsp3) is 0.600. The van der Waals surface area contributed by atoms with Gasteiger partial charge < -0.3 is 0 Å². The first-order chi connectivity index (χ1) is 2.81. The minimum Gasteiger partial charge on any atom is -0.251 e. The van der Waals surface area contributed by atoms with Gasteiger partial charge in [-0.05, 0) is 19.3 Å². The van der Waals surface area contributed by atoms with E-state index in [0.29, 0.717) is 6.42 Å². The Bertz CT molecular complexity index is 23.1. The molecule has 0 saturated carbocycles. The SMILES string of the molecule is [CH2]CC([CH2])CF. The van der Waals surface area contributed by atoms with E-state index in [-0.39, 0.29) is 12.6 Å². The summed E-state index contributed by atoms with van der Waals surface area (Å²) in [5.41, 5.74) is 0. The van der Waals surface area contributed by atoms with Crippen molar-refractivity contribution in [1.29, 1.82) is 0 Å². The van der Waals surface area contributed by atoms with Crippen LogP contribution in [0.3, 0.4) is 0 Å². The minimum absolute atomic E-state index is 0.0926. The van der Waals surface area contributed by atoms with Gasteiger partial charge in [-0.2, -0.15) is 0 Å². The fourth-order valence-electron chi connectivity index (χ4n) is 0.0772. The molecule has 0 aromatic heterocycles. The summed E-state index contributed by atoms with van der Waals surface area (Å²) in [6.45, 7) is 6.55. The minimum atomic E-state index is -0.344. The van der Waals surface area contributed by atoms with Crippen LogP contribution >= 0.6 is 0 Å². The molecule has 2 radical (unpaired) electrons. The Kier molecular flexibility index (Phi) is 3.10. The van der Waals surface area contributed by atoms with Crippen molar-refractivity contribution in [3.05, 3.63) is 13.8 Å². The molecule has 0 amide bonds. The highest BCUT2D eigenvalue weighted by Crippen LogP contribution is 1.97. The standard InChI is InChI=1S/C5H9F/c1-3-5(2)4-6/h5H,1-4H2. The van der Waals surface area contributed by atoms with Crippen LogP contribution in [0.1, 0.15) is 6.42 Å². The highest BCUT2D eigenvalue weighted by molar-refractivity contribution is 4.58. The summed E-state index contributed by atoms with van der Waals surface area (Å²) in [6.07, 6.45) is 0.594. The smallest absolute Gasteiger partial charge is 0.0922 e. The number of halogens is 1. The Hall–Kier alpha value is -0.0700.